The minimum atomic E-state index is -0.738. The van der Waals surface area contributed by atoms with Gasteiger partial charge in [0.05, 0.1) is 33.6 Å². The Hall–Kier alpha value is -15.5. The summed E-state index contributed by atoms with van der Waals surface area (Å²) in [5.74, 6) is 5.00. The lowest BCUT2D eigenvalue weighted by molar-refractivity contribution is 0.436. The number of rotatable bonds is 11. The molecule has 0 amide bonds. The Kier molecular flexibility index (Phi) is 15.8. The minimum Gasteiger partial charge on any atom is -0.457 e. The Morgan fingerprint density at radius 1 is 0.242 bits per heavy atom. The second-order valence-electron chi connectivity index (χ2n) is 32.0. The van der Waals surface area contributed by atoms with Crippen molar-refractivity contribution in [3.05, 3.63) is 467 Å². The quantitative estimate of drug-likeness (QED) is 0.129. The summed E-state index contributed by atoms with van der Waals surface area (Å²) in [4.78, 5) is 21.9. The van der Waals surface area contributed by atoms with E-state index in [4.69, 9.17) is 29.4 Å². The topological polar surface area (TPSA) is 70.0 Å². The first kappa shape index (κ1) is 68.9. The van der Waals surface area contributed by atoms with E-state index in [-0.39, 0.29) is 0 Å². The number of benzene rings is 16. The van der Waals surface area contributed by atoms with Crippen LogP contribution in [-0.4, -0.2) is 19.9 Å². The lowest BCUT2D eigenvalue weighted by Crippen LogP contribution is -2.32. The molecular formula is C114H72N4O2. The maximum atomic E-state index is 7.26. The minimum absolute atomic E-state index is 0.399. The molecule has 4 aliphatic carbocycles. The zero-order valence-corrected chi connectivity index (χ0v) is 65.2. The fourth-order valence-corrected chi connectivity index (χ4v) is 20.3. The largest absolute Gasteiger partial charge is 0.457 e. The van der Waals surface area contributed by atoms with Crippen LogP contribution in [0.2, 0.25) is 0 Å². The molecule has 18 aromatic rings. The van der Waals surface area contributed by atoms with E-state index in [9.17, 15) is 0 Å². The lowest BCUT2D eigenvalue weighted by Gasteiger charge is -2.39. The van der Waals surface area contributed by atoms with Crippen LogP contribution in [0.5, 0.6) is 23.0 Å². The molecule has 2 spiro atoms. The monoisotopic (exact) mass is 1530 g/mol. The number of hydrogen-bond donors (Lipinski definition) is 0. The van der Waals surface area contributed by atoms with Crippen LogP contribution in [-0.2, 0) is 10.8 Å². The standard InChI is InChI=1S/C114H72N4O2/c1-3-27-71(28-4-1)74-32-25-37-83(65-74)112-116-102(69-105(118-112)92-44-12-10-40-86(92)79-58-61-99-108(67-79)119-106-53-21-19-50-97(106)113(99)94-47-16-13-41-89(94)90-42-14-17-48-95(90)113)81-36-24-34-76(64-81)75-33-23-35-77(63-75)88-46-26-52-101-110(88)93-45-15-18-49-96(93)114(101)98-51-20-22-54-107(98)120-109-68-80(59-62-100(109)114)85-39-9-11-43-91(85)104-70-103(115-111(117-104)73-30-5-2-6-31-73)82-57-60-87-78(66-82)56-55-72-29-7-8-38-84(72)87/h1-54,56-70,72H,55H2. The maximum absolute atomic E-state index is 7.26. The second kappa shape index (κ2) is 27.6. The third-order valence-electron chi connectivity index (χ3n) is 25.6. The molecule has 0 fully saturated rings. The summed E-state index contributed by atoms with van der Waals surface area (Å²) in [6.07, 6.45) is 12.2. The molecule has 6 nitrogen and oxygen atoms in total. The molecule has 2 unspecified atom stereocenters. The van der Waals surface area contributed by atoms with Crippen LogP contribution in [0.25, 0.3) is 157 Å². The van der Waals surface area contributed by atoms with Gasteiger partial charge in [-0.25, -0.2) is 19.9 Å². The average Bonchev–Trinajstić information content (AvgIpc) is 1.50. The van der Waals surface area contributed by atoms with Gasteiger partial charge < -0.3 is 9.47 Å². The van der Waals surface area contributed by atoms with Crippen LogP contribution in [0.1, 0.15) is 50.9 Å². The summed E-state index contributed by atoms with van der Waals surface area (Å²) in [6, 6.07) is 140. The van der Waals surface area contributed by atoms with E-state index in [0.717, 1.165) is 163 Å². The number of hydrogen-bond acceptors (Lipinski definition) is 6. The molecule has 0 bridgehead atoms. The molecule has 4 heterocycles. The molecular weight excluding hydrogens is 1460 g/mol. The fraction of sp³-hybridized carbons (Fsp3) is 0.0351. The highest BCUT2D eigenvalue weighted by Crippen LogP contribution is 2.65. The molecule has 16 aromatic carbocycles. The first-order chi connectivity index (χ1) is 59.4. The Morgan fingerprint density at radius 2 is 0.633 bits per heavy atom. The van der Waals surface area contributed by atoms with Crippen molar-refractivity contribution in [1.82, 2.24) is 19.9 Å². The Labute approximate surface area is 695 Å². The molecule has 2 aromatic heterocycles. The molecule has 24 rings (SSSR count). The summed E-state index contributed by atoms with van der Waals surface area (Å²) in [6.45, 7) is 0. The molecule has 2 atom stereocenters. The zero-order valence-electron chi connectivity index (χ0n) is 65.2. The summed E-state index contributed by atoms with van der Waals surface area (Å²) < 4.78 is 14.4. The van der Waals surface area contributed by atoms with Crippen molar-refractivity contribution in [2.75, 3.05) is 0 Å². The summed E-state index contributed by atoms with van der Waals surface area (Å²) >= 11 is 0. The van der Waals surface area contributed by atoms with Crippen LogP contribution in [0.15, 0.2) is 413 Å². The number of para-hydroxylation sites is 2. The lowest BCUT2D eigenvalue weighted by atomic mass is 9.66. The van der Waals surface area contributed by atoms with Gasteiger partial charge in [0.15, 0.2) is 11.6 Å². The third-order valence-corrected chi connectivity index (χ3v) is 25.6. The molecule has 0 saturated carbocycles. The molecule has 120 heavy (non-hydrogen) atoms. The number of aromatic nitrogens is 4. The van der Waals surface area contributed by atoms with Gasteiger partial charge in [-0.15, -0.1) is 0 Å². The second-order valence-corrected chi connectivity index (χ2v) is 32.0. The van der Waals surface area contributed by atoms with Crippen molar-refractivity contribution in [3.8, 4) is 169 Å². The van der Waals surface area contributed by atoms with Crippen molar-refractivity contribution >= 4 is 11.6 Å². The molecule has 0 saturated heterocycles. The highest BCUT2D eigenvalue weighted by molar-refractivity contribution is 5.99. The van der Waals surface area contributed by atoms with Crippen LogP contribution in [0.3, 0.4) is 0 Å². The molecule has 2 aliphatic heterocycles. The molecule has 0 radical (unpaired) electrons. The molecule has 560 valence electrons. The van der Waals surface area contributed by atoms with Gasteiger partial charge in [-0.2, -0.15) is 0 Å². The van der Waals surface area contributed by atoms with E-state index in [0.29, 0.717) is 17.6 Å². The van der Waals surface area contributed by atoms with E-state index in [1.54, 1.807) is 0 Å². The van der Waals surface area contributed by atoms with E-state index >= 15 is 0 Å². The summed E-state index contributed by atoms with van der Waals surface area (Å²) in [5.41, 5.74) is 34.2. The number of fused-ring (bicyclic) bond motifs is 20. The average molecular weight is 1530 g/mol. The van der Waals surface area contributed by atoms with Gasteiger partial charge in [0, 0.05) is 61.6 Å². The van der Waals surface area contributed by atoms with Crippen LogP contribution in [0.4, 0.5) is 0 Å². The van der Waals surface area contributed by atoms with Crippen LogP contribution in [0, 0.1) is 5.92 Å². The van der Waals surface area contributed by atoms with Crippen molar-refractivity contribution in [2.24, 2.45) is 5.92 Å². The predicted octanol–water partition coefficient (Wildman–Crippen LogP) is 26.6. The highest BCUT2D eigenvalue weighted by Gasteiger charge is 2.53. The normalized spacial score (nSPS) is 15.3. The van der Waals surface area contributed by atoms with Crippen LogP contribution >= 0.6 is 0 Å². The first-order valence-corrected chi connectivity index (χ1v) is 41.3. The molecule has 6 heteroatoms. The third kappa shape index (κ3) is 10.8. The van der Waals surface area contributed by atoms with Crippen molar-refractivity contribution in [3.63, 3.8) is 0 Å². The zero-order chi connectivity index (χ0) is 79.0. The number of ether oxygens (including phenoxy) is 2. The van der Waals surface area contributed by atoms with Crippen molar-refractivity contribution in [2.45, 2.75) is 17.3 Å². The summed E-state index contributed by atoms with van der Waals surface area (Å²) in [5, 5.41) is 2.51. The van der Waals surface area contributed by atoms with Gasteiger partial charge in [-0.3, -0.25) is 0 Å². The summed E-state index contributed by atoms with van der Waals surface area (Å²) in [7, 11) is 0. The van der Waals surface area contributed by atoms with E-state index < -0.39 is 10.8 Å². The van der Waals surface area contributed by atoms with Gasteiger partial charge in [0.25, 0.3) is 0 Å². The van der Waals surface area contributed by atoms with Gasteiger partial charge >= 0.3 is 0 Å². The van der Waals surface area contributed by atoms with Gasteiger partial charge in [0.2, 0.25) is 0 Å². The SMILES string of the molecule is C1=CC2=c3ccc(-c4cc(-c5ccccc5-c5ccc6c(c5)Oc5ccccc5C65c6ccccc6-c6c(-c7cccc(-c8cccc(-c9cc(-c%10ccccc%10-c%10ccc%11c(c%10)Oc%10ccccc%10C%11%10c%11ccccc%11-c%11ccccc%11%10)nc(-c%10cccc(-c%11ccccc%11)c%10)n9)c8)c7)cccc65)nc(-c5ccccc5)n4)cc3=CCC2C=C1. The maximum Gasteiger partial charge on any atom is 0.160 e. The van der Waals surface area contributed by atoms with E-state index in [2.05, 4.69) is 413 Å². The van der Waals surface area contributed by atoms with Crippen molar-refractivity contribution < 1.29 is 9.47 Å². The number of allylic oxidation sites excluding steroid dienone is 4. The Morgan fingerprint density at radius 3 is 1.24 bits per heavy atom. The van der Waals surface area contributed by atoms with Gasteiger partial charge in [-0.1, -0.05) is 358 Å². The van der Waals surface area contributed by atoms with Crippen LogP contribution < -0.4 is 19.9 Å². The van der Waals surface area contributed by atoms with Gasteiger partial charge in [-0.05, 0) is 183 Å². The fourth-order valence-electron chi connectivity index (χ4n) is 20.3. The molecule has 0 N–H and O–H groups in total. The highest BCUT2D eigenvalue weighted by atomic mass is 16.5. The van der Waals surface area contributed by atoms with Crippen molar-refractivity contribution in [1.29, 1.82) is 0 Å². The van der Waals surface area contributed by atoms with Gasteiger partial charge in [0.1, 0.15) is 23.0 Å². The smallest absolute Gasteiger partial charge is 0.160 e. The predicted molar refractivity (Wildman–Crippen MR) is 486 cm³/mol. The Balaban J connectivity index is 0.604. The van der Waals surface area contributed by atoms with E-state index in [1.807, 2.05) is 6.07 Å². The first-order valence-electron chi connectivity index (χ1n) is 41.3. The Bertz CT molecular complexity index is 7500. The van der Waals surface area contributed by atoms with E-state index in [1.165, 1.54) is 60.5 Å². The molecule has 6 aliphatic rings. The number of nitrogens with zero attached hydrogens (tertiary/aromatic N) is 4.